The van der Waals surface area contributed by atoms with Crippen LogP contribution in [0.4, 0.5) is 0 Å². The van der Waals surface area contributed by atoms with Gasteiger partial charge in [-0.25, -0.2) is 9.59 Å². The van der Waals surface area contributed by atoms with Gasteiger partial charge >= 0.3 is 11.9 Å². The Morgan fingerprint density at radius 2 is 1.06 bits per heavy atom. The number of nitrogens with zero attached hydrogens (tertiary/aromatic N) is 1. The summed E-state index contributed by atoms with van der Waals surface area (Å²) in [6.45, 7) is 6.53. The Labute approximate surface area is 206 Å². The van der Waals surface area contributed by atoms with Crippen molar-refractivity contribution in [3.63, 3.8) is 0 Å². The van der Waals surface area contributed by atoms with Crippen molar-refractivity contribution in [2.45, 2.75) is 136 Å². The van der Waals surface area contributed by atoms with Crippen LogP contribution in [0.25, 0.3) is 0 Å². The van der Waals surface area contributed by atoms with Crippen LogP contribution in [0.15, 0.2) is 12.2 Å². The van der Waals surface area contributed by atoms with Gasteiger partial charge in [0.2, 0.25) is 0 Å². The van der Waals surface area contributed by atoms with E-state index in [1.165, 1.54) is 78.6 Å². The highest BCUT2D eigenvalue weighted by Gasteiger charge is 2.50. The second kappa shape index (κ2) is 18.4. The predicted octanol–water partition coefficient (Wildman–Crippen LogP) is 4.93. The lowest BCUT2D eigenvalue weighted by molar-refractivity contribution is -0.969. The summed E-state index contributed by atoms with van der Waals surface area (Å²) in [5.41, 5.74) is 0. The first-order valence-corrected chi connectivity index (χ1v) is 13.3. The molecule has 0 heterocycles. The number of carboxylic acid groups (broad SMARTS) is 3. The van der Waals surface area contributed by atoms with Gasteiger partial charge < -0.3 is 20.1 Å². The lowest BCUT2D eigenvalue weighted by Crippen LogP contribution is -2.72. The second-order valence-electron chi connectivity index (χ2n) is 9.68. The maximum absolute atomic E-state index is 11.7. The van der Waals surface area contributed by atoms with Gasteiger partial charge in [-0.2, -0.15) is 0 Å². The van der Waals surface area contributed by atoms with Gasteiger partial charge in [-0.05, 0) is 59.3 Å². The van der Waals surface area contributed by atoms with Gasteiger partial charge in [0, 0.05) is 0 Å². The van der Waals surface area contributed by atoms with Gasteiger partial charge in [0.05, 0.1) is 12.5 Å². The summed E-state index contributed by atoms with van der Waals surface area (Å²) in [6.07, 6.45) is 20.5. The van der Waals surface area contributed by atoms with Gasteiger partial charge in [0.15, 0.2) is 12.1 Å². The van der Waals surface area contributed by atoms with Gasteiger partial charge in [-0.3, -0.25) is 4.48 Å². The molecule has 0 radical (unpaired) electrons. The molecule has 0 aromatic carbocycles. The highest BCUT2D eigenvalue weighted by atomic mass is 16.4. The van der Waals surface area contributed by atoms with E-state index < -0.39 is 40.5 Å². The summed E-state index contributed by atoms with van der Waals surface area (Å²) < 4.78 is -0.554. The predicted molar refractivity (Wildman–Crippen MR) is 133 cm³/mol. The van der Waals surface area contributed by atoms with Crippen LogP contribution in [0.2, 0.25) is 0 Å². The molecule has 0 saturated heterocycles. The molecule has 0 aliphatic rings. The Balaban J connectivity index is 4.41. The summed E-state index contributed by atoms with van der Waals surface area (Å²) in [6, 6.07) is -3.58. The van der Waals surface area contributed by atoms with E-state index in [1.807, 2.05) is 0 Å². The number of carboxylic acids is 3. The summed E-state index contributed by atoms with van der Waals surface area (Å²) in [5, 5.41) is 30.8. The second-order valence-corrected chi connectivity index (χ2v) is 9.68. The number of hydrogen-bond acceptors (Lipinski definition) is 4. The third kappa shape index (κ3) is 11.5. The molecule has 2 N–H and O–H groups in total. The van der Waals surface area contributed by atoms with Crippen molar-refractivity contribution in [1.29, 1.82) is 0 Å². The zero-order chi connectivity index (χ0) is 26.0. The number of hydrogen-bond donors (Lipinski definition) is 2. The average molecular weight is 484 g/mol. The fourth-order valence-electron chi connectivity index (χ4n) is 4.83. The minimum absolute atomic E-state index is 0.165. The molecule has 0 bridgehead atoms. The lowest BCUT2D eigenvalue weighted by Gasteiger charge is -2.49. The van der Waals surface area contributed by atoms with E-state index in [-0.39, 0.29) is 6.54 Å². The molecule has 0 saturated carbocycles. The first kappa shape index (κ1) is 32.1. The first-order chi connectivity index (χ1) is 16.1. The molecule has 0 spiro atoms. The molecule has 0 aliphatic carbocycles. The van der Waals surface area contributed by atoms with E-state index >= 15 is 0 Å². The number of quaternary nitrogens is 1. The van der Waals surface area contributed by atoms with E-state index in [0.717, 1.165) is 25.7 Å². The van der Waals surface area contributed by atoms with Crippen LogP contribution in [0.3, 0.4) is 0 Å². The molecule has 198 valence electrons. The van der Waals surface area contributed by atoms with E-state index in [9.17, 15) is 29.7 Å². The highest BCUT2D eigenvalue weighted by molar-refractivity contribution is 5.76. The van der Waals surface area contributed by atoms with Crippen molar-refractivity contribution in [2.24, 2.45) is 0 Å². The minimum Gasteiger partial charge on any atom is -0.544 e. The molecule has 0 amide bonds. The van der Waals surface area contributed by atoms with Crippen LogP contribution < -0.4 is 5.11 Å². The number of aliphatic carboxylic acids is 3. The molecule has 0 fully saturated rings. The third-order valence-corrected chi connectivity index (χ3v) is 7.28. The molecule has 0 aromatic heterocycles. The van der Waals surface area contributed by atoms with Crippen molar-refractivity contribution in [3.05, 3.63) is 12.2 Å². The molecule has 7 nitrogen and oxygen atoms in total. The van der Waals surface area contributed by atoms with Crippen molar-refractivity contribution in [3.8, 4) is 0 Å². The van der Waals surface area contributed by atoms with Crippen LogP contribution >= 0.6 is 0 Å². The molecular weight excluding hydrogens is 434 g/mol. The average Bonchev–Trinajstić information content (AvgIpc) is 2.80. The van der Waals surface area contributed by atoms with Crippen LogP contribution in [0, 0.1) is 0 Å². The Bertz CT molecular complexity index is 568. The smallest absolute Gasteiger partial charge is 0.362 e. The molecule has 7 heteroatoms. The zero-order valence-electron chi connectivity index (χ0n) is 22.0. The van der Waals surface area contributed by atoms with Gasteiger partial charge in [-0.15, -0.1) is 0 Å². The van der Waals surface area contributed by atoms with Crippen molar-refractivity contribution < 1.29 is 34.2 Å². The fourth-order valence-corrected chi connectivity index (χ4v) is 4.83. The SMILES string of the molecule is CCCCCCCCCCC/C=C/CCCCC[N+](C(C)C(=O)[O-])(C(C)C(=O)O)C(C)C(=O)O. The van der Waals surface area contributed by atoms with E-state index in [4.69, 9.17) is 0 Å². The summed E-state index contributed by atoms with van der Waals surface area (Å²) in [5.74, 6) is -3.85. The Morgan fingerprint density at radius 1 is 0.676 bits per heavy atom. The largest absolute Gasteiger partial charge is 0.544 e. The number of rotatable bonds is 22. The molecule has 0 rings (SSSR count). The Kier molecular flexibility index (Phi) is 17.4. The Hall–Kier alpha value is -1.89. The number of carbonyl (C=O) groups is 3. The van der Waals surface area contributed by atoms with Gasteiger partial charge in [0.1, 0.15) is 6.04 Å². The number of unbranched alkanes of at least 4 members (excludes halogenated alkanes) is 12. The maximum atomic E-state index is 11.7. The standard InChI is InChI=1S/C27H49NO6/c1-5-6-7-8-9-10-11-12-13-14-15-16-17-18-19-20-21-28(22(2)25(29)30,23(3)26(31)32)24(4)27(33)34/h15-16,22-24H,5-14,17-21H2,1-4H3,(H2-,29,30,31,32,33,34)/b16-15+. The van der Waals surface area contributed by atoms with Crippen LogP contribution in [-0.2, 0) is 14.4 Å². The molecule has 34 heavy (non-hydrogen) atoms. The third-order valence-electron chi connectivity index (χ3n) is 7.28. The normalized spacial score (nSPS) is 16.1. The molecule has 3 unspecified atom stereocenters. The Morgan fingerprint density at radius 3 is 1.44 bits per heavy atom. The number of carbonyl (C=O) groups excluding carboxylic acids is 1. The van der Waals surface area contributed by atoms with Crippen LogP contribution in [-0.4, -0.2) is 57.3 Å². The first-order valence-electron chi connectivity index (χ1n) is 13.3. The monoisotopic (exact) mass is 483 g/mol. The quantitative estimate of drug-likeness (QED) is 0.128. The van der Waals surface area contributed by atoms with Crippen LogP contribution in [0.1, 0.15) is 118 Å². The van der Waals surface area contributed by atoms with Crippen molar-refractivity contribution in [1.82, 2.24) is 0 Å². The minimum atomic E-state index is -1.43. The maximum Gasteiger partial charge on any atom is 0.362 e. The van der Waals surface area contributed by atoms with Gasteiger partial charge in [0.25, 0.3) is 0 Å². The topological polar surface area (TPSA) is 115 Å². The van der Waals surface area contributed by atoms with Crippen LogP contribution in [0.5, 0.6) is 0 Å². The van der Waals surface area contributed by atoms with E-state index in [2.05, 4.69) is 19.1 Å². The molecule has 3 atom stereocenters. The zero-order valence-corrected chi connectivity index (χ0v) is 22.0. The van der Waals surface area contributed by atoms with Crippen molar-refractivity contribution in [2.75, 3.05) is 6.54 Å². The van der Waals surface area contributed by atoms with Crippen molar-refractivity contribution >= 4 is 17.9 Å². The fraction of sp³-hybridized carbons (Fsp3) is 0.815. The van der Waals surface area contributed by atoms with Gasteiger partial charge in [-0.1, -0.05) is 70.4 Å². The number of allylic oxidation sites excluding steroid dienone is 2. The molecule has 0 aliphatic heterocycles. The summed E-state index contributed by atoms with van der Waals surface area (Å²) >= 11 is 0. The summed E-state index contributed by atoms with van der Waals surface area (Å²) in [7, 11) is 0. The lowest BCUT2D eigenvalue weighted by atomic mass is 10.00. The highest BCUT2D eigenvalue weighted by Crippen LogP contribution is 2.27. The summed E-state index contributed by atoms with van der Waals surface area (Å²) in [4.78, 5) is 35.1. The van der Waals surface area contributed by atoms with E-state index in [1.54, 1.807) is 0 Å². The molecule has 0 aromatic rings. The molecular formula is C27H49NO6. The van der Waals surface area contributed by atoms with E-state index in [0.29, 0.717) is 6.42 Å².